The molecule has 0 spiro atoms. The Labute approximate surface area is 72.5 Å². The van der Waals surface area contributed by atoms with E-state index in [0.717, 1.165) is 16.7 Å². The second kappa shape index (κ2) is 3.15. The first-order valence-corrected chi connectivity index (χ1v) is 3.97. The van der Waals surface area contributed by atoms with Gasteiger partial charge in [0, 0.05) is 5.56 Å². The van der Waals surface area contributed by atoms with Crippen molar-refractivity contribution in [3.8, 4) is 5.75 Å². The smallest absolute Gasteiger partial charge is 0.124 e. The molecule has 0 bridgehead atoms. The molecule has 0 saturated heterocycles. The summed E-state index contributed by atoms with van der Waals surface area (Å²) in [4.78, 5) is 0. The van der Waals surface area contributed by atoms with Crippen LogP contribution in [0.4, 0.5) is 0 Å². The molecule has 0 aliphatic carbocycles. The highest BCUT2D eigenvalue weighted by Crippen LogP contribution is 2.27. The van der Waals surface area contributed by atoms with E-state index in [0.29, 0.717) is 5.56 Å². The highest BCUT2D eigenvalue weighted by atomic mass is 16.3. The van der Waals surface area contributed by atoms with Crippen LogP contribution >= 0.6 is 0 Å². The standard InChI is InChI=1S/C10H14O2/c1-6-4-9(5-11)10(12)8(3)7(6)2/h4,11-12H,5H2,1-3H3. The third-order valence-corrected chi connectivity index (χ3v) is 2.37. The number of aryl methyl sites for hydroxylation is 1. The molecule has 0 saturated carbocycles. The van der Waals surface area contributed by atoms with Crippen LogP contribution in [-0.2, 0) is 6.61 Å². The van der Waals surface area contributed by atoms with Crippen molar-refractivity contribution in [1.82, 2.24) is 0 Å². The van der Waals surface area contributed by atoms with Crippen molar-refractivity contribution < 1.29 is 10.2 Å². The van der Waals surface area contributed by atoms with Crippen LogP contribution in [0.25, 0.3) is 0 Å². The summed E-state index contributed by atoms with van der Waals surface area (Å²) in [7, 11) is 0. The lowest BCUT2D eigenvalue weighted by Gasteiger charge is -2.10. The number of aromatic hydroxyl groups is 1. The summed E-state index contributed by atoms with van der Waals surface area (Å²) in [6, 6.07) is 1.82. The average molecular weight is 166 g/mol. The fourth-order valence-corrected chi connectivity index (χ4v) is 1.27. The first kappa shape index (κ1) is 9.07. The van der Waals surface area contributed by atoms with Crippen LogP contribution < -0.4 is 0 Å². The van der Waals surface area contributed by atoms with Gasteiger partial charge in [-0.2, -0.15) is 0 Å². The van der Waals surface area contributed by atoms with E-state index >= 15 is 0 Å². The van der Waals surface area contributed by atoms with Crippen molar-refractivity contribution in [3.05, 3.63) is 28.3 Å². The summed E-state index contributed by atoms with van der Waals surface area (Å²) < 4.78 is 0. The van der Waals surface area contributed by atoms with E-state index in [-0.39, 0.29) is 12.4 Å². The molecule has 1 rings (SSSR count). The van der Waals surface area contributed by atoms with Crippen LogP contribution in [0, 0.1) is 20.8 Å². The van der Waals surface area contributed by atoms with E-state index in [2.05, 4.69) is 0 Å². The van der Waals surface area contributed by atoms with Gasteiger partial charge in [-0.1, -0.05) is 0 Å². The van der Waals surface area contributed by atoms with Crippen molar-refractivity contribution in [2.24, 2.45) is 0 Å². The van der Waals surface area contributed by atoms with Gasteiger partial charge in [0.05, 0.1) is 6.61 Å². The summed E-state index contributed by atoms with van der Waals surface area (Å²) in [5.74, 6) is 0.223. The first-order valence-electron chi connectivity index (χ1n) is 3.97. The molecule has 0 aliphatic rings. The van der Waals surface area contributed by atoms with Crippen LogP contribution in [0.5, 0.6) is 5.75 Å². The van der Waals surface area contributed by atoms with Gasteiger partial charge in [-0.3, -0.25) is 0 Å². The van der Waals surface area contributed by atoms with Gasteiger partial charge < -0.3 is 10.2 Å². The SMILES string of the molecule is Cc1cc(CO)c(O)c(C)c1C. The second-order valence-corrected chi connectivity index (χ2v) is 3.11. The normalized spacial score (nSPS) is 10.3. The summed E-state index contributed by atoms with van der Waals surface area (Å²) in [6.45, 7) is 5.69. The van der Waals surface area contributed by atoms with Crippen molar-refractivity contribution in [2.75, 3.05) is 0 Å². The van der Waals surface area contributed by atoms with Crippen molar-refractivity contribution in [1.29, 1.82) is 0 Å². The molecule has 2 N–H and O–H groups in total. The van der Waals surface area contributed by atoms with Crippen LogP contribution in [0.15, 0.2) is 6.07 Å². The van der Waals surface area contributed by atoms with Crippen LogP contribution in [0.1, 0.15) is 22.3 Å². The Kier molecular flexibility index (Phi) is 2.38. The maximum absolute atomic E-state index is 9.54. The first-order chi connectivity index (χ1) is 5.57. The number of hydrogen-bond acceptors (Lipinski definition) is 2. The van der Waals surface area contributed by atoms with Crippen LogP contribution in [-0.4, -0.2) is 10.2 Å². The fourth-order valence-electron chi connectivity index (χ4n) is 1.27. The molecular weight excluding hydrogens is 152 g/mol. The maximum atomic E-state index is 9.54. The zero-order valence-electron chi connectivity index (χ0n) is 7.68. The van der Waals surface area contributed by atoms with Gasteiger partial charge in [0.2, 0.25) is 0 Å². The van der Waals surface area contributed by atoms with E-state index in [4.69, 9.17) is 5.11 Å². The summed E-state index contributed by atoms with van der Waals surface area (Å²) in [5, 5.41) is 18.4. The lowest BCUT2D eigenvalue weighted by Crippen LogP contribution is -1.93. The second-order valence-electron chi connectivity index (χ2n) is 3.11. The highest BCUT2D eigenvalue weighted by molar-refractivity contribution is 5.47. The molecular formula is C10H14O2. The minimum absolute atomic E-state index is 0.103. The molecule has 2 heteroatoms. The number of benzene rings is 1. The topological polar surface area (TPSA) is 40.5 Å². The third kappa shape index (κ3) is 1.30. The van der Waals surface area contributed by atoms with E-state index in [1.165, 1.54) is 0 Å². The molecule has 1 aromatic rings. The largest absolute Gasteiger partial charge is 0.507 e. The predicted molar refractivity (Wildman–Crippen MR) is 48.2 cm³/mol. The quantitative estimate of drug-likeness (QED) is 0.668. The summed E-state index contributed by atoms with van der Waals surface area (Å²) in [5.41, 5.74) is 3.66. The highest BCUT2D eigenvalue weighted by Gasteiger charge is 2.07. The van der Waals surface area contributed by atoms with Crippen molar-refractivity contribution in [3.63, 3.8) is 0 Å². The van der Waals surface area contributed by atoms with Crippen molar-refractivity contribution in [2.45, 2.75) is 27.4 Å². The minimum atomic E-state index is -0.103. The van der Waals surface area contributed by atoms with Gasteiger partial charge in [-0.05, 0) is 43.5 Å². The Balaban J connectivity index is 3.39. The number of rotatable bonds is 1. The summed E-state index contributed by atoms with van der Waals surface area (Å²) in [6.07, 6.45) is 0. The third-order valence-electron chi connectivity index (χ3n) is 2.37. The molecule has 0 amide bonds. The Morgan fingerprint density at radius 1 is 1.17 bits per heavy atom. The number of aliphatic hydroxyl groups excluding tert-OH is 1. The van der Waals surface area contributed by atoms with Gasteiger partial charge in [-0.25, -0.2) is 0 Å². The molecule has 0 aromatic heterocycles. The number of hydrogen-bond donors (Lipinski definition) is 2. The lowest BCUT2D eigenvalue weighted by molar-refractivity contribution is 0.275. The van der Waals surface area contributed by atoms with Gasteiger partial charge in [0.1, 0.15) is 5.75 Å². The molecule has 0 radical (unpaired) electrons. The Morgan fingerprint density at radius 2 is 1.75 bits per heavy atom. The van der Waals surface area contributed by atoms with Gasteiger partial charge in [0.25, 0.3) is 0 Å². The van der Waals surface area contributed by atoms with E-state index in [1.54, 1.807) is 0 Å². The molecule has 0 unspecified atom stereocenters. The molecule has 12 heavy (non-hydrogen) atoms. The number of phenols is 1. The molecule has 2 nitrogen and oxygen atoms in total. The fraction of sp³-hybridized carbons (Fsp3) is 0.400. The Bertz CT molecular complexity index is 303. The lowest BCUT2D eigenvalue weighted by atomic mass is 9.99. The van der Waals surface area contributed by atoms with E-state index in [9.17, 15) is 5.11 Å². The average Bonchev–Trinajstić information content (AvgIpc) is 2.08. The molecule has 1 aromatic carbocycles. The molecule has 66 valence electrons. The van der Waals surface area contributed by atoms with E-state index in [1.807, 2.05) is 26.8 Å². The van der Waals surface area contributed by atoms with Crippen molar-refractivity contribution >= 4 is 0 Å². The molecule has 0 aliphatic heterocycles. The van der Waals surface area contributed by atoms with E-state index < -0.39 is 0 Å². The molecule has 0 atom stereocenters. The maximum Gasteiger partial charge on any atom is 0.124 e. The molecule has 0 heterocycles. The molecule has 0 fully saturated rings. The van der Waals surface area contributed by atoms with Gasteiger partial charge in [-0.15, -0.1) is 0 Å². The summed E-state index contributed by atoms with van der Waals surface area (Å²) >= 11 is 0. The van der Waals surface area contributed by atoms with Gasteiger partial charge in [0.15, 0.2) is 0 Å². The van der Waals surface area contributed by atoms with Crippen LogP contribution in [0.3, 0.4) is 0 Å². The Hall–Kier alpha value is -1.02. The monoisotopic (exact) mass is 166 g/mol. The number of aliphatic hydroxyl groups is 1. The Morgan fingerprint density at radius 3 is 2.25 bits per heavy atom. The minimum Gasteiger partial charge on any atom is -0.507 e. The van der Waals surface area contributed by atoms with Gasteiger partial charge >= 0.3 is 0 Å². The van der Waals surface area contributed by atoms with Crippen LogP contribution in [0.2, 0.25) is 0 Å². The predicted octanol–water partition coefficient (Wildman–Crippen LogP) is 1.81. The zero-order valence-corrected chi connectivity index (χ0v) is 7.68. The zero-order chi connectivity index (χ0) is 9.30.